The number of hydrogen-bond donors (Lipinski definition) is 1. The number of thiophene rings is 1. The Kier molecular flexibility index (Phi) is 4.16. The molecule has 0 aliphatic heterocycles. The molecule has 2 aliphatic rings. The smallest absolute Gasteiger partial charge is 0.129 e. The lowest BCUT2D eigenvalue weighted by Crippen LogP contribution is -2.38. The van der Waals surface area contributed by atoms with E-state index in [0.717, 1.165) is 11.8 Å². The molecule has 1 aromatic heterocycles. The number of nitrogens with one attached hydrogen (secondary N) is 1. The molecule has 1 heterocycles. The Labute approximate surface area is 126 Å². The molecule has 0 saturated heterocycles. The van der Waals surface area contributed by atoms with E-state index in [1.165, 1.54) is 55.4 Å². The van der Waals surface area contributed by atoms with Gasteiger partial charge in [-0.3, -0.25) is 4.99 Å². The SMILES string of the molecule is CN=C(NC1CCC(C)CC1)c1c(C)sc2c1CCC2. The van der Waals surface area contributed by atoms with Crippen molar-refractivity contribution in [2.24, 2.45) is 10.9 Å². The summed E-state index contributed by atoms with van der Waals surface area (Å²) in [6, 6.07) is 0.626. The van der Waals surface area contributed by atoms with Crippen molar-refractivity contribution in [3.05, 3.63) is 20.9 Å². The van der Waals surface area contributed by atoms with E-state index in [1.807, 2.05) is 18.4 Å². The Balaban J connectivity index is 1.77. The molecule has 110 valence electrons. The lowest BCUT2D eigenvalue weighted by atomic mass is 9.87. The molecule has 3 heteroatoms. The summed E-state index contributed by atoms with van der Waals surface area (Å²) in [6.45, 7) is 4.63. The van der Waals surface area contributed by atoms with Crippen molar-refractivity contribution in [3.8, 4) is 0 Å². The number of fused-ring (bicyclic) bond motifs is 1. The monoisotopic (exact) mass is 290 g/mol. The van der Waals surface area contributed by atoms with Crippen LogP contribution in [0.3, 0.4) is 0 Å². The maximum Gasteiger partial charge on any atom is 0.129 e. The zero-order valence-corrected chi connectivity index (χ0v) is 13.8. The van der Waals surface area contributed by atoms with Crippen LogP contribution in [-0.2, 0) is 12.8 Å². The van der Waals surface area contributed by atoms with Gasteiger partial charge in [0.05, 0.1) is 0 Å². The van der Waals surface area contributed by atoms with Gasteiger partial charge in [-0.1, -0.05) is 6.92 Å². The molecule has 0 radical (unpaired) electrons. The first-order chi connectivity index (χ1) is 9.69. The Morgan fingerprint density at radius 2 is 1.95 bits per heavy atom. The molecule has 0 aromatic carbocycles. The summed E-state index contributed by atoms with van der Waals surface area (Å²) in [6.07, 6.45) is 9.16. The van der Waals surface area contributed by atoms with E-state index in [1.54, 1.807) is 10.4 Å². The Morgan fingerprint density at radius 1 is 1.20 bits per heavy atom. The number of amidine groups is 1. The molecule has 1 aromatic rings. The normalized spacial score (nSPS) is 26.6. The van der Waals surface area contributed by atoms with E-state index in [-0.39, 0.29) is 0 Å². The molecule has 0 amide bonds. The van der Waals surface area contributed by atoms with E-state index >= 15 is 0 Å². The zero-order chi connectivity index (χ0) is 14.1. The third kappa shape index (κ3) is 2.65. The van der Waals surface area contributed by atoms with E-state index in [4.69, 9.17) is 0 Å². The van der Waals surface area contributed by atoms with Crippen LogP contribution < -0.4 is 5.32 Å². The van der Waals surface area contributed by atoms with Crippen molar-refractivity contribution in [2.45, 2.75) is 64.8 Å². The molecule has 2 aliphatic carbocycles. The summed E-state index contributed by atoms with van der Waals surface area (Å²) in [7, 11) is 1.94. The lowest BCUT2D eigenvalue weighted by Gasteiger charge is -2.28. The summed E-state index contributed by atoms with van der Waals surface area (Å²) in [4.78, 5) is 7.65. The van der Waals surface area contributed by atoms with E-state index in [0.29, 0.717) is 6.04 Å². The molecular weight excluding hydrogens is 264 g/mol. The van der Waals surface area contributed by atoms with Crippen LogP contribution in [0.4, 0.5) is 0 Å². The van der Waals surface area contributed by atoms with Crippen molar-refractivity contribution in [1.82, 2.24) is 5.32 Å². The van der Waals surface area contributed by atoms with Gasteiger partial charge in [-0.25, -0.2) is 0 Å². The maximum absolute atomic E-state index is 4.59. The molecule has 3 rings (SSSR count). The van der Waals surface area contributed by atoms with E-state index in [2.05, 4.69) is 24.2 Å². The average Bonchev–Trinajstić information content (AvgIpc) is 2.99. The molecule has 20 heavy (non-hydrogen) atoms. The Hall–Kier alpha value is -0.830. The highest BCUT2D eigenvalue weighted by atomic mass is 32.1. The quantitative estimate of drug-likeness (QED) is 0.644. The van der Waals surface area contributed by atoms with Gasteiger partial charge in [0.2, 0.25) is 0 Å². The second-order valence-corrected chi connectivity index (χ2v) is 7.77. The second-order valence-electron chi connectivity index (χ2n) is 6.46. The minimum Gasteiger partial charge on any atom is -0.367 e. The highest BCUT2D eigenvalue weighted by molar-refractivity contribution is 7.12. The predicted octanol–water partition coefficient (Wildman–Crippen LogP) is 4.09. The van der Waals surface area contributed by atoms with Crippen molar-refractivity contribution in [1.29, 1.82) is 0 Å². The van der Waals surface area contributed by atoms with Gasteiger partial charge < -0.3 is 5.32 Å². The fraction of sp³-hybridized carbons (Fsp3) is 0.706. The third-order valence-electron chi connectivity index (χ3n) is 4.91. The number of hydrogen-bond acceptors (Lipinski definition) is 2. The van der Waals surface area contributed by atoms with Crippen molar-refractivity contribution in [2.75, 3.05) is 7.05 Å². The van der Waals surface area contributed by atoms with Gasteiger partial charge in [-0.05, 0) is 63.4 Å². The third-order valence-corrected chi connectivity index (χ3v) is 6.12. The molecule has 0 atom stereocenters. The van der Waals surface area contributed by atoms with Gasteiger partial charge in [0, 0.05) is 28.4 Å². The first-order valence-corrected chi connectivity index (χ1v) is 8.85. The van der Waals surface area contributed by atoms with Crippen LogP contribution in [-0.4, -0.2) is 18.9 Å². The first-order valence-electron chi connectivity index (χ1n) is 8.04. The summed E-state index contributed by atoms with van der Waals surface area (Å²) in [5.74, 6) is 2.06. The number of nitrogens with zero attached hydrogens (tertiary/aromatic N) is 1. The fourth-order valence-corrected chi connectivity index (χ4v) is 4.96. The van der Waals surface area contributed by atoms with Gasteiger partial charge >= 0.3 is 0 Å². The van der Waals surface area contributed by atoms with Crippen molar-refractivity contribution >= 4 is 17.2 Å². The van der Waals surface area contributed by atoms with Gasteiger partial charge in [0.1, 0.15) is 5.84 Å². The molecule has 1 N–H and O–H groups in total. The van der Waals surface area contributed by atoms with Crippen LogP contribution in [0, 0.1) is 12.8 Å². The summed E-state index contributed by atoms with van der Waals surface area (Å²) >= 11 is 1.99. The highest BCUT2D eigenvalue weighted by Gasteiger charge is 2.25. The van der Waals surface area contributed by atoms with E-state index < -0.39 is 0 Å². The Morgan fingerprint density at radius 3 is 2.65 bits per heavy atom. The summed E-state index contributed by atoms with van der Waals surface area (Å²) in [5.41, 5.74) is 3.02. The fourth-order valence-electron chi connectivity index (χ4n) is 3.70. The van der Waals surface area contributed by atoms with Crippen LogP contribution >= 0.6 is 11.3 Å². The lowest BCUT2D eigenvalue weighted by molar-refractivity contribution is 0.331. The predicted molar refractivity (Wildman–Crippen MR) is 88.1 cm³/mol. The number of rotatable bonds is 2. The van der Waals surface area contributed by atoms with Crippen LogP contribution in [0.15, 0.2) is 4.99 Å². The topological polar surface area (TPSA) is 24.4 Å². The first kappa shape index (κ1) is 14.1. The molecule has 0 bridgehead atoms. The van der Waals surface area contributed by atoms with Gasteiger partial charge in [0.25, 0.3) is 0 Å². The standard InChI is InChI=1S/C17H26N2S/c1-11-7-9-13(10-8-11)19-17(18-3)16-12(2)20-15-6-4-5-14(15)16/h11,13H,4-10H2,1-3H3,(H,18,19). The van der Waals surface area contributed by atoms with Gasteiger partial charge in [-0.15, -0.1) is 11.3 Å². The molecule has 1 fully saturated rings. The second kappa shape index (κ2) is 5.88. The minimum atomic E-state index is 0.626. The highest BCUT2D eigenvalue weighted by Crippen LogP contribution is 2.35. The zero-order valence-electron chi connectivity index (χ0n) is 13.0. The number of aliphatic imine (C=N–C) groups is 1. The van der Waals surface area contributed by atoms with Gasteiger partial charge in [0.15, 0.2) is 0 Å². The van der Waals surface area contributed by atoms with Crippen LogP contribution in [0.1, 0.15) is 59.9 Å². The van der Waals surface area contributed by atoms with E-state index in [9.17, 15) is 0 Å². The van der Waals surface area contributed by atoms with Crippen LogP contribution in [0.25, 0.3) is 0 Å². The summed E-state index contributed by atoms with van der Waals surface area (Å²) < 4.78 is 0. The van der Waals surface area contributed by atoms with Crippen LogP contribution in [0.5, 0.6) is 0 Å². The largest absolute Gasteiger partial charge is 0.367 e. The van der Waals surface area contributed by atoms with Crippen molar-refractivity contribution < 1.29 is 0 Å². The Bertz CT molecular complexity index is 507. The van der Waals surface area contributed by atoms with Crippen LogP contribution in [0.2, 0.25) is 0 Å². The molecular formula is C17H26N2S. The molecule has 2 nitrogen and oxygen atoms in total. The average molecular weight is 290 g/mol. The molecule has 0 spiro atoms. The molecule has 0 unspecified atom stereocenters. The van der Waals surface area contributed by atoms with Gasteiger partial charge in [-0.2, -0.15) is 0 Å². The number of aryl methyl sites for hydroxylation is 2. The summed E-state index contributed by atoms with van der Waals surface area (Å²) in [5, 5.41) is 3.76. The maximum atomic E-state index is 4.59. The van der Waals surface area contributed by atoms with Crippen molar-refractivity contribution in [3.63, 3.8) is 0 Å². The minimum absolute atomic E-state index is 0.626. The molecule has 1 saturated carbocycles.